The monoisotopic (exact) mass is 390 g/mol. The van der Waals surface area contributed by atoms with Gasteiger partial charge in [-0.25, -0.2) is 0 Å². The summed E-state index contributed by atoms with van der Waals surface area (Å²) in [5.41, 5.74) is 0. The highest BCUT2D eigenvalue weighted by molar-refractivity contribution is 6.32. The van der Waals surface area contributed by atoms with Gasteiger partial charge in [-0.1, -0.05) is 30.7 Å². The molecule has 1 N–H and O–H groups in total. The van der Waals surface area contributed by atoms with E-state index in [1.807, 2.05) is 31.2 Å². The Kier molecular flexibility index (Phi) is 6.80. The van der Waals surface area contributed by atoms with Crippen molar-refractivity contribution in [2.75, 3.05) is 26.2 Å². The van der Waals surface area contributed by atoms with Gasteiger partial charge >= 0.3 is 0 Å². The van der Waals surface area contributed by atoms with Crippen LogP contribution in [0.4, 0.5) is 0 Å². The zero-order valence-corrected chi connectivity index (χ0v) is 16.7. The summed E-state index contributed by atoms with van der Waals surface area (Å²) in [6.45, 7) is 6.68. The molecule has 0 saturated carbocycles. The van der Waals surface area contributed by atoms with E-state index in [0.29, 0.717) is 17.3 Å². The van der Waals surface area contributed by atoms with Gasteiger partial charge in [0, 0.05) is 6.54 Å². The normalized spacial score (nSPS) is 16.9. The number of carbonyl (C=O) groups excluding carboxylic acids is 1. The predicted molar refractivity (Wildman–Crippen MR) is 106 cm³/mol. The van der Waals surface area contributed by atoms with Gasteiger partial charge in [0.25, 0.3) is 5.91 Å². The summed E-state index contributed by atoms with van der Waals surface area (Å²) in [6, 6.07) is 11.1. The van der Waals surface area contributed by atoms with E-state index < -0.39 is 0 Å². The number of ether oxygens (including phenoxy) is 1. The molecular weight excluding hydrogens is 364 g/mol. The third-order valence-corrected chi connectivity index (χ3v) is 5.35. The maximum Gasteiger partial charge on any atom is 0.258 e. The van der Waals surface area contributed by atoms with Crippen molar-refractivity contribution < 1.29 is 13.9 Å². The van der Waals surface area contributed by atoms with Crippen LogP contribution in [-0.4, -0.2) is 37.0 Å². The lowest BCUT2D eigenvalue weighted by molar-refractivity contribution is -0.123. The largest absolute Gasteiger partial charge is 0.482 e. The summed E-state index contributed by atoms with van der Waals surface area (Å²) in [5, 5.41) is 3.48. The van der Waals surface area contributed by atoms with Crippen LogP contribution in [0, 0.1) is 12.8 Å². The van der Waals surface area contributed by atoms with Crippen LogP contribution in [0.3, 0.4) is 0 Å². The summed E-state index contributed by atoms with van der Waals surface area (Å²) in [4.78, 5) is 14.7. The molecule has 0 aliphatic carbocycles. The number of para-hydroxylation sites is 1. The van der Waals surface area contributed by atoms with Gasteiger partial charge < -0.3 is 14.5 Å². The second kappa shape index (κ2) is 9.29. The molecule has 1 aromatic heterocycles. The average molecular weight is 391 g/mol. The minimum absolute atomic E-state index is 0.0375. The van der Waals surface area contributed by atoms with Crippen LogP contribution in [0.1, 0.15) is 37.3 Å². The van der Waals surface area contributed by atoms with E-state index >= 15 is 0 Å². The van der Waals surface area contributed by atoms with Crippen molar-refractivity contribution in [3.05, 3.63) is 52.9 Å². The van der Waals surface area contributed by atoms with Crippen molar-refractivity contribution in [2.24, 2.45) is 5.92 Å². The molecule has 1 saturated heterocycles. The number of aryl methyl sites for hydroxylation is 1. The van der Waals surface area contributed by atoms with E-state index in [4.69, 9.17) is 20.8 Å². The van der Waals surface area contributed by atoms with Gasteiger partial charge in [-0.05, 0) is 63.0 Å². The van der Waals surface area contributed by atoms with Gasteiger partial charge in [-0.2, -0.15) is 0 Å². The lowest BCUT2D eigenvalue weighted by Gasteiger charge is -2.35. The van der Waals surface area contributed by atoms with E-state index in [-0.39, 0.29) is 18.6 Å². The van der Waals surface area contributed by atoms with E-state index in [2.05, 4.69) is 17.1 Å². The number of hydrogen-bond acceptors (Lipinski definition) is 4. The second-order valence-electron chi connectivity index (χ2n) is 7.21. The number of amides is 1. The van der Waals surface area contributed by atoms with Crippen LogP contribution in [0.5, 0.6) is 5.75 Å². The van der Waals surface area contributed by atoms with Crippen LogP contribution < -0.4 is 10.1 Å². The number of piperidine rings is 1. The lowest BCUT2D eigenvalue weighted by atomic mass is 9.97. The van der Waals surface area contributed by atoms with Crippen molar-refractivity contribution in [3.63, 3.8) is 0 Å². The van der Waals surface area contributed by atoms with E-state index in [0.717, 1.165) is 30.5 Å². The molecule has 1 aliphatic heterocycles. The maximum atomic E-state index is 12.3. The number of likely N-dealkylation sites (tertiary alicyclic amines) is 1. The Bertz CT molecular complexity index is 753. The summed E-state index contributed by atoms with van der Waals surface area (Å²) < 4.78 is 11.4. The first-order valence-corrected chi connectivity index (χ1v) is 9.85. The highest BCUT2D eigenvalue weighted by Crippen LogP contribution is 2.27. The van der Waals surface area contributed by atoms with Gasteiger partial charge in [0.05, 0.1) is 11.1 Å². The molecule has 1 atom stereocenters. The SMILES string of the molecule is Cc1ccc([C@@H](CNC(=O)COc2ccccc2Cl)N2CCC(C)CC2)o1. The molecule has 3 rings (SSSR count). The fourth-order valence-electron chi connectivity index (χ4n) is 3.35. The summed E-state index contributed by atoms with van der Waals surface area (Å²) in [5.74, 6) is 2.87. The topological polar surface area (TPSA) is 54.7 Å². The van der Waals surface area contributed by atoms with E-state index in [9.17, 15) is 4.79 Å². The van der Waals surface area contributed by atoms with Crippen molar-refractivity contribution in [3.8, 4) is 5.75 Å². The molecule has 2 heterocycles. The number of halogens is 1. The summed E-state index contributed by atoms with van der Waals surface area (Å²) >= 11 is 6.06. The number of nitrogens with one attached hydrogen (secondary N) is 1. The van der Waals surface area contributed by atoms with E-state index in [1.165, 1.54) is 12.8 Å². The molecule has 0 spiro atoms. The van der Waals surface area contributed by atoms with Gasteiger partial charge in [0.1, 0.15) is 17.3 Å². The molecule has 2 aromatic rings. The minimum Gasteiger partial charge on any atom is -0.482 e. The average Bonchev–Trinajstić information content (AvgIpc) is 3.09. The molecule has 1 aromatic carbocycles. The second-order valence-corrected chi connectivity index (χ2v) is 7.61. The first kappa shape index (κ1) is 19.8. The molecule has 5 nitrogen and oxygen atoms in total. The quantitative estimate of drug-likeness (QED) is 0.769. The molecule has 1 aliphatic rings. The molecule has 1 amide bonds. The van der Waals surface area contributed by atoms with Crippen LogP contribution in [0.15, 0.2) is 40.8 Å². The zero-order chi connectivity index (χ0) is 19.2. The Balaban J connectivity index is 1.57. The standard InChI is InChI=1S/C21H27ClN2O3/c1-15-9-11-24(12-10-15)18(20-8-7-16(2)27-20)13-23-21(25)14-26-19-6-4-3-5-17(19)22/h3-8,15,18H,9-14H2,1-2H3,(H,23,25)/t18-/m1/s1. The maximum absolute atomic E-state index is 12.3. The predicted octanol–water partition coefficient (Wildman–Crippen LogP) is 4.21. The first-order valence-electron chi connectivity index (χ1n) is 9.47. The number of carbonyl (C=O) groups is 1. The molecule has 146 valence electrons. The van der Waals surface area contributed by atoms with E-state index in [1.54, 1.807) is 12.1 Å². The van der Waals surface area contributed by atoms with Gasteiger partial charge in [-0.15, -0.1) is 0 Å². The lowest BCUT2D eigenvalue weighted by Crippen LogP contribution is -2.42. The number of benzene rings is 1. The van der Waals surface area contributed by atoms with Gasteiger partial charge in [0.2, 0.25) is 0 Å². The minimum atomic E-state index is -0.173. The van der Waals surface area contributed by atoms with Crippen LogP contribution in [0.25, 0.3) is 0 Å². The van der Waals surface area contributed by atoms with Crippen molar-refractivity contribution in [1.29, 1.82) is 0 Å². The third-order valence-electron chi connectivity index (χ3n) is 5.04. The van der Waals surface area contributed by atoms with Crippen molar-refractivity contribution in [1.82, 2.24) is 10.2 Å². The number of rotatable bonds is 7. The van der Waals surface area contributed by atoms with Crippen LogP contribution in [0.2, 0.25) is 5.02 Å². The number of nitrogens with zero attached hydrogens (tertiary/aromatic N) is 1. The Morgan fingerprint density at radius 3 is 2.70 bits per heavy atom. The molecular formula is C21H27ClN2O3. The Labute approximate surface area is 165 Å². The Morgan fingerprint density at radius 1 is 1.30 bits per heavy atom. The molecule has 6 heteroatoms. The van der Waals surface area contributed by atoms with Crippen LogP contribution >= 0.6 is 11.6 Å². The Hall–Kier alpha value is -1.98. The van der Waals surface area contributed by atoms with Gasteiger partial charge in [-0.3, -0.25) is 9.69 Å². The highest BCUT2D eigenvalue weighted by atomic mass is 35.5. The van der Waals surface area contributed by atoms with Gasteiger partial charge in [0.15, 0.2) is 6.61 Å². The summed E-state index contributed by atoms with van der Waals surface area (Å²) in [6.07, 6.45) is 2.33. The van der Waals surface area contributed by atoms with Crippen molar-refractivity contribution in [2.45, 2.75) is 32.7 Å². The molecule has 0 bridgehead atoms. The third kappa shape index (κ3) is 5.50. The molecule has 0 unspecified atom stereocenters. The fourth-order valence-corrected chi connectivity index (χ4v) is 3.54. The molecule has 27 heavy (non-hydrogen) atoms. The first-order chi connectivity index (χ1) is 13.0. The molecule has 1 fully saturated rings. The Morgan fingerprint density at radius 2 is 2.04 bits per heavy atom. The highest BCUT2D eigenvalue weighted by Gasteiger charge is 2.27. The van der Waals surface area contributed by atoms with Crippen molar-refractivity contribution >= 4 is 17.5 Å². The summed E-state index contributed by atoms with van der Waals surface area (Å²) in [7, 11) is 0. The smallest absolute Gasteiger partial charge is 0.258 e. The number of hydrogen-bond donors (Lipinski definition) is 1. The number of furan rings is 1. The fraction of sp³-hybridized carbons (Fsp3) is 0.476. The van der Waals surface area contributed by atoms with Crippen LogP contribution in [-0.2, 0) is 4.79 Å². The zero-order valence-electron chi connectivity index (χ0n) is 15.9. The molecule has 0 radical (unpaired) electrons.